The molecule has 5 nitrogen and oxygen atoms in total. The molecule has 1 amide bonds. The van der Waals surface area contributed by atoms with E-state index in [1.165, 1.54) is 29.5 Å². The Bertz CT molecular complexity index is 712. The molecule has 0 aliphatic carbocycles. The number of phenolic OH excluding ortho intramolecular Hbond substituents is 2. The molecule has 1 heterocycles. The standard InChI is InChI=1S/C15H13NO4S/c17-7-2-3-10-6-8-21-13(10)9-16-15(20)11-4-1-5-12(18)14(11)19/h1,4-6,8,17-19H,7,9H2,(H,16,20). The van der Waals surface area contributed by atoms with E-state index in [2.05, 4.69) is 17.2 Å². The van der Waals surface area contributed by atoms with Crippen molar-refractivity contribution >= 4 is 17.2 Å². The van der Waals surface area contributed by atoms with Crippen LogP contribution in [0.15, 0.2) is 29.6 Å². The molecule has 0 spiro atoms. The maximum atomic E-state index is 12.0. The zero-order valence-electron chi connectivity index (χ0n) is 11.0. The molecule has 108 valence electrons. The number of benzene rings is 1. The molecule has 2 aromatic rings. The molecule has 1 aromatic carbocycles. The van der Waals surface area contributed by atoms with Crippen LogP contribution in [0.4, 0.5) is 0 Å². The number of aliphatic hydroxyl groups is 1. The van der Waals surface area contributed by atoms with Gasteiger partial charge in [-0.05, 0) is 23.6 Å². The minimum Gasteiger partial charge on any atom is -0.504 e. The van der Waals surface area contributed by atoms with Crippen LogP contribution in [0.2, 0.25) is 0 Å². The number of thiophene rings is 1. The normalized spacial score (nSPS) is 9.76. The summed E-state index contributed by atoms with van der Waals surface area (Å²) in [4.78, 5) is 12.8. The van der Waals surface area contributed by atoms with Gasteiger partial charge in [-0.3, -0.25) is 4.79 Å². The number of carbonyl (C=O) groups excluding carboxylic acids is 1. The Balaban J connectivity index is 2.08. The summed E-state index contributed by atoms with van der Waals surface area (Å²) < 4.78 is 0. The lowest BCUT2D eigenvalue weighted by Gasteiger charge is -2.07. The summed E-state index contributed by atoms with van der Waals surface area (Å²) in [6.07, 6.45) is 0. The SMILES string of the molecule is O=C(NCc1sccc1C#CCO)c1cccc(O)c1O. The molecule has 0 unspecified atom stereocenters. The molecule has 0 fully saturated rings. The average Bonchev–Trinajstić information content (AvgIpc) is 2.93. The number of hydrogen-bond acceptors (Lipinski definition) is 5. The maximum absolute atomic E-state index is 12.0. The summed E-state index contributed by atoms with van der Waals surface area (Å²) in [5.41, 5.74) is 0.754. The van der Waals surface area contributed by atoms with Crippen molar-refractivity contribution in [1.29, 1.82) is 0 Å². The Morgan fingerprint density at radius 2 is 2.10 bits per heavy atom. The average molecular weight is 303 g/mol. The van der Waals surface area contributed by atoms with Gasteiger partial charge in [0.1, 0.15) is 6.61 Å². The Morgan fingerprint density at radius 3 is 2.86 bits per heavy atom. The van der Waals surface area contributed by atoms with Crippen molar-refractivity contribution in [1.82, 2.24) is 5.32 Å². The van der Waals surface area contributed by atoms with E-state index < -0.39 is 11.7 Å². The van der Waals surface area contributed by atoms with Crippen LogP contribution >= 0.6 is 11.3 Å². The van der Waals surface area contributed by atoms with Crippen LogP contribution in [0.5, 0.6) is 11.5 Å². The summed E-state index contributed by atoms with van der Waals surface area (Å²) in [5, 5.41) is 32.2. The zero-order chi connectivity index (χ0) is 15.2. The van der Waals surface area contributed by atoms with Gasteiger partial charge in [0, 0.05) is 10.4 Å². The molecule has 0 aliphatic rings. The molecule has 0 bridgehead atoms. The third kappa shape index (κ3) is 3.54. The van der Waals surface area contributed by atoms with Gasteiger partial charge in [-0.25, -0.2) is 0 Å². The number of aliphatic hydroxyl groups excluding tert-OH is 1. The van der Waals surface area contributed by atoms with Crippen molar-refractivity contribution in [2.45, 2.75) is 6.54 Å². The van der Waals surface area contributed by atoms with Crippen molar-refractivity contribution in [3.05, 3.63) is 45.6 Å². The molecule has 1 aromatic heterocycles. The van der Waals surface area contributed by atoms with Gasteiger partial charge in [-0.15, -0.1) is 11.3 Å². The third-order valence-electron chi connectivity index (χ3n) is 2.72. The van der Waals surface area contributed by atoms with Gasteiger partial charge < -0.3 is 20.6 Å². The lowest BCUT2D eigenvalue weighted by Crippen LogP contribution is -2.22. The number of para-hydroxylation sites is 1. The smallest absolute Gasteiger partial charge is 0.255 e. The van der Waals surface area contributed by atoms with Crippen LogP contribution < -0.4 is 5.32 Å². The largest absolute Gasteiger partial charge is 0.504 e. The molecule has 0 saturated carbocycles. The molecule has 0 saturated heterocycles. The highest BCUT2D eigenvalue weighted by Gasteiger charge is 2.14. The van der Waals surface area contributed by atoms with E-state index in [0.29, 0.717) is 0 Å². The lowest BCUT2D eigenvalue weighted by molar-refractivity contribution is 0.0948. The predicted octanol–water partition coefficient (Wildman–Crippen LogP) is 1.43. The summed E-state index contributed by atoms with van der Waals surface area (Å²) >= 11 is 1.43. The molecule has 0 aliphatic heterocycles. The van der Waals surface area contributed by atoms with Gasteiger partial charge in [-0.2, -0.15) is 0 Å². The number of amides is 1. The molecule has 0 radical (unpaired) electrons. The molecular weight excluding hydrogens is 290 g/mol. The molecular formula is C15H13NO4S. The van der Waals surface area contributed by atoms with E-state index >= 15 is 0 Å². The predicted molar refractivity (Wildman–Crippen MR) is 79.2 cm³/mol. The van der Waals surface area contributed by atoms with E-state index in [-0.39, 0.29) is 24.5 Å². The molecule has 6 heteroatoms. The van der Waals surface area contributed by atoms with Crippen LogP contribution in [0.25, 0.3) is 0 Å². The summed E-state index contributed by atoms with van der Waals surface area (Å²) in [6.45, 7) is 0.0276. The minimum absolute atomic E-state index is 0.00884. The second kappa shape index (κ2) is 6.79. The van der Waals surface area contributed by atoms with Gasteiger partial charge in [0.2, 0.25) is 0 Å². The number of nitrogens with one attached hydrogen (secondary N) is 1. The fraction of sp³-hybridized carbons (Fsp3) is 0.133. The van der Waals surface area contributed by atoms with Crippen molar-refractivity contribution in [2.75, 3.05) is 6.61 Å². The van der Waals surface area contributed by atoms with Crippen molar-refractivity contribution < 1.29 is 20.1 Å². The minimum atomic E-state index is -0.488. The molecule has 0 atom stereocenters. The van der Waals surface area contributed by atoms with Crippen molar-refractivity contribution in [3.8, 4) is 23.3 Å². The Labute approximate surface area is 125 Å². The van der Waals surface area contributed by atoms with E-state index in [1.54, 1.807) is 6.07 Å². The fourth-order valence-corrected chi connectivity index (χ4v) is 2.46. The van der Waals surface area contributed by atoms with Crippen molar-refractivity contribution in [2.24, 2.45) is 0 Å². The Hall–Kier alpha value is -2.49. The van der Waals surface area contributed by atoms with Gasteiger partial charge >= 0.3 is 0 Å². The second-order valence-corrected chi connectivity index (χ2v) is 5.07. The van der Waals surface area contributed by atoms with Crippen LogP contribution in [0.3, 0.4) is 0 Å². The highest BCUT2D eigenvalue weighted by molar-refractivity contribution is 7.10. The maximum Gasteiger partial charge on any atom is 0.255 e. The molecule has 4 N–H and O–H groups in total. The first-order valence-electron chi connectivity index (χ1n) is 6.08. The first-order chi connectivity index (χ1) is 10.1. The van der Waals surface area contributed by atoms with Gasteiger partial charge in [0.05, 0.1) is 12.1 Å². The third-order valence-corrected chi connectivity index (χ3v) is 3.64. The highest BCUT2D eigenvalue weighted by atomic mass is 32.1. The van der Waals surface area contributed by atoms with Gasteiger partial charge in [0.25, 0.3) is 5.91 Å². The van der Waals surface area contributed by atoms with E-state index in [0.717, 1.165) is 10.4 Å². The summed E-state index contributed by atoms with van der Waals surface area (Å²) in [7, 11) is 0. The van der Waals surface area contributed by atoms with E-state index in [9.17, 15) is 15.0 Å². The van der Waals surface area contributed by atoms with Crippen LogP contribution in [-0.4, -0.2) is 27.8 Å². The van der Waals surface area contributed by atoms with Crippen molar-refractivity contribution in [3.63, 3.8) is 0 Å². The van der Waals surface area contributed by atoms with Crippen LogP contribution in [-0.2, 0) is 6.54 Å². The first-order valence-corrected chi connectivity index (χ1v) is 6.96. The number of phenols is 2. The number of carbonyl (C=O) groups is 1. The highest BCUT2D eigenvalue weighted by Crippen LogP contribution is 2.28. The Kier molecular flexibility index (Phi) is 4.82. The monoisotopic (exact) mass is 303 g/mol. The lowest BCUT2D eigenvalue weighted by atomic mass is 10.1. The van der Waals surface area contributed by atoms with Gasteiger partial charge in [0.15, 0.2) is 11.5 Å². The quantitative estimate of drug-likeness (QED) is 0.510. The summed E-state index contributed by atoms with van der Waals surface area (Å²) in [5.74, 6) is 4.08. The number of aromatic hydroxyl groups is 2. The topological polar surface area (TPSA) is 89.8 Å². The van der Waals surface area contributed by atoms with E-state index in [1.807, 2.05) is 5.38 Å². The molecule has 21 heavy (non-hydrogen) atoms. The number of hydrogen-bond donors (Lipinski definition) is 4. The van der Waals surface area contributed by atoms with E-state index in [4.69, 9.17) is 5.11 Å². The fourth-order valence-electron chi connectivity index (χ4n) is 1.69. The zero-order valence-corrected chi connectivity index (χ0v) is 11.8. The Morgan fingerprint density at radius 1 is 1.29 bits per heavy atom. The number of rotatable bonds is 3. The first kappa shape index (κ1) is 14.9. The summed E-state index contributed by atoms with van der Waals surface area (Å²) in [6, 6.07) is 6.01. The van der Waals surface area contributed by atoms with Crippen LogP contribution in [0.1, 0.15) is 20.8 Å². The molecule has 2 rings (SSSR count). The second-order valence-electron chi connectivity index (χ2n) is 4.07. The van der Waals surface area contributed by atoms with Crippen LogP contribution in [0, 0.1) is 11.8 Å². The van der Waals surface area contributed by atoms with Gasteiger partial charge in [-0.1, -0.05) is 17.9 Å².